The van der Waals surface area contributed by atoms with Crippen molar-refractivity contribution in [3.63, 3.8) is 0 Å². The van der Waals surface area contributed by atoms with Gasteiger partial charge in [-0.05, 0) is 29.2 Å². The molecule has 13 heavy (non-hydrogen) atoms. The van der Waals surface area contributed by atoms with E-state index in [4.69, 9.17) is 10.8 Å². The third kappa shape index (κ3) is 1.50. The first kappa shape index (κ1) is 8.48. The van der Waals surface area contributed by atoms with Crippen molar-refractivity contribution < 1.29 is 5.11 Å². The van der Waals surface area contributed by atoms with Crippen LogP contribution in [0, 0.1) is 0 Å². The summed E-state index contributed by atoms with van der Waals surface area (Å²) in [4.78, 5) is 0. The minimum atomic E-state index is -0.251. The van der Waals surface area contributed by atoms with Gasteiger partial charge < -0.3 is 10.8 Å². The molecule has 0 aromatic heterocycles. The van der Waals surface area contributed by atoms with E-state index >= 15 is 0 Å². The van der Waals surface area contributed by atoms with E-state index in [0.717, 1.165) is 12.0 Å². The van der Waals surface area contributed by atoms with Crippen LogP contribution in [-0.2, 0) is 6.42 Å². The fourth-order valence-electron chi connectivity index (χ4n) is 1.60. The number of fused-ring (bicyclic) bond motifs is 1. The molecule has 68 valence electrons. The topological polar surface area (TPSA) is 46.2 Å². The predicted octanol–water partition coefficient (Wildman–Crippen LogP) is 1.25. The van der Waals surface area contributed by atoms with Crippen molar-refractivity contribution in [2.45, 2.75) is 12.5 Å². The van der Waals surface area contributed by atoms with Gasteiger partial charge in [0.15, 0.2) is 0 Å². The quantitative estimate of drug-likeness (QED) is 0.710. The van der Waals surface area contributed by atoms with Gasteiger partial charge in [0.05, 0.1) is 12.6 Å². The molecule has 1 aliphatic carbocycles. The first-order valence-corrected chi connectivity index (χ1v) is 4.47. The van der Waals surface area contributed by atoms with Crippen LogP contribution < -0.4 is 5.73 Å². The summed E-state index contributed by atoms with van der Waals surface area (Å²) in [7, 11) is 0. The highest BCUT2D eigenvalue weighted by molar-refractivity contribution is 5.60. The summed E-state index contributed by atoms with van der Waals surface area (Å²) < 4.78 is 0. The molecular weight excluding hydrogens is 162 g/mol. The zero-order valence-electron chi connectivity index (χ0n) is 7.40. The summed E-state index contributed by atoms with van der Waals surface area (Å²) in [6.07, 6.45) is 5.26. The number of benzene rings is 1. The van der Waals surface area contributed by atoms with Crippen LogP contribution in [-0.4, -0.2) is 11.7 Å². The van der Waals surface area contributed by atoms with Crippen LogP contribution in [0.4, 0.5) is 0 Å². The van der Waals surface area contributed by atoms with Crippen molar-refractivity contribution >= 4 is 6.08 Å². The standard InChI is InChI=1S/C11H13NO/c12-11(7-13)10-5-4-8-2-1-3-9(8)6-10/h1,3-6,11,13H,2,7,12H2. The first-order chi connectivity index (χ1) is 6.31. The smallest absolute Gasteiger partial charge is 0.0624 e. The number of nitrogens with two attached hydrogens (primary N) is 1. The number of aliphatic hydroxyl groups is 1. The Morgan fingerprint density at radius 3 is 3.08 bits per heavy atom. The van der Waals surface area contributed by atoms with E-state index in [1.54, 1.807) is 0 Å². The van der Waals surface area contributed by atoms with Crippen LogP contribution >= 0.6 is 0 Å². The molecule has 2 rings (SSSR count). The molecule has 1 aromatic carbocycles. The van der Waals surface area contributed by atoms with E-state index in [9.17, 15) is 0 Å². The van der Waals surface area contributed by atoms with Gasteiger partial charge in [0.1, 0.15) is 0 Å². The lowest BCUT2D eigenvalue weighted by Gasteiger charge is -2.09. The molecule has 0 fully saturated rings. The number of allylic oxidation sites excluding steroid dienone is 1. The molecule has 0 aliphatic heterocycles. The van der Waals surface area contributed by atoms with Crippen molar-refractivity contribution in [2.75, 3.05) is 6.61 Å². The van der Waals surface area contributed by atoms with E-state index in [1.165, 1.54) is 11.1 Å². The van der Waals surface area contributed by atoms with Crippen molar-refractivity contribution in [3.8, 4) is 0 Å². The van der Waals surface area contributed by atoms with Crippen molar-refractivity contribution in [2.24, 2.45) is 5.73 Å². The third-order valence-electron chi connectivity index (χ3n) is 2.43. The van der Waals surface area contributed by atoms with Gasteiger partial charge in [-0.15, -0.1) is 0 Å². The Morgan fingerprint density at radius 2 is 2.31 bits per heavy atom. The normalized spacial score (nSPS) is 15.8. The molecule has 0 heterocycles. The van der Waals surface area contributed by atoms with Crippen LogP contribution in [0.3, 0.4) is 0 Å². The van der Waals surface area contributed by atoms with Crippen LogP contribution in [0.25, 0.3) is 6.08 Å². The van der Waals surface area contributed by atoms with E-state index in [-0.39, 0.29) is 12.6 Å². The maximum atomic E-state index is 8.89. The highest BCUT2D eigenvalue weighted by atomic mass is 16.3. The van der Waals surface area contributed by atoms with Gasteiger partial charge in [-0.25, -0.2) is 0 Å². The molecule has 1 aliphatic rings. The molecule has 0 radical (unpaired) electrons. The van der Waals surface area contributed by atoms with Crippen LogP contribution in [0.1, 0.15) is 22.7 Å². The summed E-state index contributed by atoms with van der Waals surface area (Å²) in [5, 5.41) is 8.89. The fraction of sp³-hybridized carbons (Fsp3) is 0.273. The van der Waals surface area contributed by atoms with Gasteiger partial charge >= 0.3 is 0 Å². The monoisotopic (exact) mass is 175 g/mol. The van der Waals surface area contributed by atoms with Crippen molar-refractivity contribution in [1.82, 2.24) is 0 Å². The molecule has 0 saturated carbocycles. The highest BCUT2D eigenvalue weighted by Gasteiger charge is 2.09. The molecule has 3 N–H and O–H groups in total. The second-order valence-corrected chi connectivity index (χ2v) is 3.35. The zero-order chi connectivity index (χ0) is 9.26. The van der Waals surface area contributed by atoms with Gasteiger partial charge in [0.2, 0.25) is 0 Å². The minimum Gasteiger partial charge on any atom is -0.394 e. The molecule has 0 saturated heterocycles. The second-order valence-electron chi connectivity index (χ2n) is 3.35. The van der Waals surface area contributed by atoms with E-state index < -0.39 is 0 Å². The summed E-state index contributed by atoms with van der Waals surface area (Å²) in [5.74, 6) is 0. The molecule has 1 unspecified atom stereocenters. The van der Waals surface area contributed by atoms with Gasteiger partial charge in [0, 0.05) is 0 Å². The van der Waals surface area contributed by atoms with Crippen molar-refractivity contribution in [1.29, 1.82) is 0 Å². The highest BCUT2D eigenvalue weighted by Crippen LogP contribution is 2.22. The lowest BCUT2D eigenvalue weighted by molar-refractivity contribution is 0.268. The van der Waals surface area contributed by atoms with Crippen molar-refractivity contribution in [3.05, 3.63) is 41.0 Å². The number of hydrogen-bond donors (Lipinski definition) is 2. The Balaban J connectivity index is 2.35. The third-order valence-corrected chi connectivity index (χ3v) is 2.43. The Hall–Kier alpha value is -1.12. The molecular formula is C11H13NO. The summed E-state index contributed by atoms with van der Waals surface area (Å²) in [6, 6.07) is 5.88. The SMILES string of the molecule is NC(CO)c1ccc2c(c1)C=CC2. The summed E-state index contributed by atoms with van der Waals surface area (Å²) >= 11 is 0. The predicted molar refractivity (Wildman–Crippen MR) is 53.2 cm³/mol. The number of hydrogen-bond acceptors (Lipinski definition) is 2. The molecule has 1 atom stereocenters. The largest absolute Gasteiger partial charge is 0.394 e. The Labute approximate surface area is 77.7 Å². The van der Waals surface area contributed by atoms with E-state index in [0.29, 0.717) is 0 Å². The average molecular weight is 175 g/mol. The molecule has 0 bridgehead atoms. The molecule has 2 nitrogen and oxygen atoms in total. The first-order valence-electron chi connectivity index (χ1n) is 4.47. The average Bonchev–Trinajstić information content (AvgIpc) is 2.63. The molecule has 0 spiro atoms. The van der Waals surface area contributed by atoms with Gasteiger partial charge in [-0.2, -0.15) is 0 Å². The maximum Gasteiger partial charge on any atom is 0.0624 e. The van der Waals surface area contributed by atoms with E-state index in [2.05, 4.69) is 24.3 Å². The Kier molecular flexibility index (Phi) is 2.17. The fourth-order valence-corrected chi connectivity index (χ4v) is 1.60. The zero-order valence-corrected chi connectivity index (χ0v) is 7.40. The Morgan fingerprint density at radius 1 is 1.46 bits per heavy atom. The van der Waals surface area contributed by atoms with E-state index in [1.807, 2.05) is 6.07 Å². The number of rotatable bonds is 2. The van der Waals surface area contributed by atoms with Gasteiger partial charge in [0.25, 0.3) is 0 Å². The molecule has 1 aromatic rings. The maximum absolute atomic E-state index is 8.89. The van der Waals surface area contributed by atoms with Crippen LogP contribution in [0.5, 0.6) is 0 Å². The summed E-state index contributed by atoms with van der Waals surface area (Å²) in [5.41, 5.74) is 9.30. The van der Waals surface area contributed by atoms with Gasteiger partial charge in [-0.1, -0.05) is 24.3 Å². The molecule has 0 amide bonds. The van der Waals surface area contributed by atoms with Crippen LogP contribution in [0.15, 0.2) is 24.3 Å². The number of aliphatic hydroxyl groups excluding tert-OH is 1. The molecule has 2 heteroatoms. The van der Waals surface area contributed by atoms with Crippen LogP contribution in [0.2, 0.25) is 0 Å². The lowest BCUT2D eigenvalue weighted by atomic mass is 10.0. The van der Waals surface area contributed by atoms with Gasteiger partial charge in [-0.3, -0.25) is 0 Å². The second kappa shape index (κ2) is 3.32. The minimum absolute atomic E-state index is 0.00248. The Bertz CT molecular complexity index is 344. The lowest BCUT2D eigenvalue weighted by Crippen LogP contribution is -2.14. The summed E-state index contributed by atoms with van der Waals surface area (Å²) in [6.45, 7) is 0.00248.